The third kappa shape index (κ3) is 5.37. The number of rotatable bonds is 8. The quantitative estimate of drug-likeness (QED) is 0.753. The molecule has 1 heterocycles. The molecule has 1 atom stereocenters. The molecule has 0 bridgehead atoms. The van der Waals surface area contributed by atoms with Gasteiger partial charge in [0.2, 0.25) is 11.8 Å². The Hall–Kier alpha value is -2.77. The van der Waals surface area contributed by atoms with Crippen molar-refractivity contribution in [2.24, 2.45) is 0 Å². The first-order chi connectivity index (χ1) is 12.4. The largest absolute Gasteiger partial charge is 0.441 e. The number of aromatic nitrogens is 1. The standard InChI is InChI=1S/C18H21F2N3O3/c1-3-8-21-18(25)11(2)23-16(24)6-7-17-22-10-15(26-17)13-5-4-12(19)9-14(13)20/h4-5,9-11H,3,6-8H2,1-2H3,(H,21,25)(H,23,24). The Balaban J connectivity index is 1.87. The SMILES string of the molecule is CCCNC(=O)C(C)NC(=O)CCc1ncc(-c2ccc(F)cc2F)o1. The van der Waals surface area contributed by atoms with Gasteiger partial charge in [0.1, 0.15) is 17.7 Å². The molecule has 2 aromatic rings. The summed E-state index contributed by atoms with van der Waals surface area (Å²) >= 11 is 0. The Kier molecular flexibility index (Phi) is 6.82. The molecule has 0 saturated heterocycles. The van der Waals surface area contributed by atoms with Crippen LogP contribution in [0, 0.1) is 11.6 Å². The molecule has 6 nitrogen and oxygen atoms in total. The van der Waals surface area contributed by atoms with Gasteiger partial charge in [-0.05, 0) is 25.5 Å². The van der Waals surface area contributed by atoms with E-state index >= 15 is 0 Å². The monoisotopic (exact) mass is 365 g/mol. The Morgan fingerprint density at radius 2 is 2.08 bits per heavy atom. The predicted molar refractivity (Wildman–Crippen MR) is 91.1 cm³/mol. The topological polar surface area (TPSA) is 84.2 Å². The van der Waals surface area contributed by atoms with Crippen molar-refractivity contribution in [3.63, 3.8) is 0 Å². The first kappa shape index (κ1) is 19.6. The van der Waals surface area contributed by atoms with Crippen molar-refractivity contribution in [2.45, 2.75) is 39.2 Å². The lowest BCUT2D eigenvalue weighted by molar-refractivity contribution is -0.128. The molecule has 8 heteroatoms. The van der Waals surface area contributed by atoms with Crippen LogP contribution in [-0.2, 0) is 16.0 Å². The molecule has 140 valence electrons. The van der Waals surface area contributed by atoms with Gasteiger partial charge < -0.3 is 15.1 Å². The smallest absolute Gasteiger partial charge is 0.242 e. The molecule has 2 rings (SSSR count). The van der Waals surface area contributed by atoms with Crippen LogP contribution in [0.2, 0.25) is 0 Å². The zero-order valence-corrected chi connectivity index (χ0v) is 14.6. The van der Waals surface area contributed by atoms with Crippen LogP contribution in [0.25, 0.3) is 11.3 Å². The number of hydrogen-bond donors (Lipinski definition) is 2. The van der Waals surface area contributed by atoms with Crippen molar-refractivity contribution in [3.05, 3.63) is 41.9 Å². The number of carbonyl (C=O) groups excluding carboxylic acids is 2. The Bertz CT molecular complexity index is 777. The second-order valence-corrected chi connectivity index (χ2v) is 5.82. The van der Waals surface area contributed by atoms with Gasteiger partial charge in [0.25, 0.3) is 0 Å². The lowest BCUT2D eigenvalue weighted by atomic mass is 10.2. The zero-order valence-electron chi connectivity index (χ0n) is 14.6. The number of aryl methyl sites for hydroxylation is 1. The lowest BCUT2D eigenvalue weighted by Crippen LogP contribution is -2.45. The van der Waals surface area contributed by atoms with E-state index < -0.39 is 17.7 Å². The third-order valence-corrected chi connectivity index (χ3v) is 3.64. The van der Waals surface area contributed by atoms with Crippen molar-refractivity contribution >= 4 is 11.8 Å². The van der Waals surface area contributed by atoms with Crippen molar-refractivity contribution < 1.29 is 22.8 Å². The normalized spacial score (nSPS) is 11.8. The molecule has 0 saturated carbocycles. The molecule has 0 aliphatic carbocycles. The molecule has 1 unspecified atom stereocenters. The lowest BCUT2D eigenvalue weighted by Gasteiger charge is -2.13. The van der Waals surface area contributed by atoms with Crippen LogP contribution in [0.3, 0.4) is 0 Å². The fourth-order valence-electron chi connectivity index (χ4n) is 2.24. The molecule has 0 fully saturated rings. The van der Waals surface area contributed by atoms with Gasteiger partial charge in [-0.25, -0.2) is 13.8 Å². The van der Waals surface area contributed by atoms with E-state index in [9.17, 15) is 18.4 Å². The summed E-state index contributed by atoms with van der Waals surface area (Å²) in [5, 5.41) is 5.29. The molecule has 0 aliphatic heterocycles. The van der Waals surface area contributed by atoms with Gasteiger partial charge in [-0.2, -0.15) is 0 Å². The minimum absolute atomic E-state index is 0.0667. The minimum Gasteiger partial charge on any atom is -0.441 e. The second-order valence-electron chi connectivity index (χ2n) is 5.82. The summed E-state index contributed by atoms with van der Waals surface area (Å²) in [6, 6.07) is 2.51. The molecule has 0 spiro atoms. The second kappa shape index (κ2) is 9.07. The summed E-state index contributed by atoms with van der Waals surface area (Å²) in [6.07, 6.45) is 2.40. The molecule has 1 aromatic carbocycles. The first-order valence-corrected chi connectivity index (χ1v) is 8.38. The molecule has 1 aromatic heterocycles. The number of halogens is 2. The molecular weight excluding hydrogens is 344 g/mol. The fraction of sp³-hybridized carbons (Fsp3) is 0.389. The van der Waals surface area contributed by atoms with Crippen molar-refractivity contribution in [1.29, 1.82) is 0 Å². The van der Waals surface area contributed by atoms with Crippen LogP contribution in [0.4, 0.5) is 8.78 Å². The van der Waals surface area contributed by atoms with Gasteiger partial charge in [-0.1, -0.05) is 6.92 Å². The van der Waals surface area contributed by atoms with Gasteiger partial charge in [0.05, 0.1) is 11.8 Å². The van der Waals surface area contributed by atoms with Gasteiger partial charge in [-0.3, -0.25) is 9.59 Å². The van der Waals surface area contributed by atoms with Crippen LogP contribution >= 0.6 is 0 Å². The Morgan fingerprint density at radius 1 is 1.31 bits per heavy atom. The molecule has 2 N–H and O–H groups in total. The number of amides is 2. The van der Waals surface area contributed by atoms with Gasteiger partial charge in [0, 0.05) is 25.5 Å². The van der Waals surface area contributed by atoms with E-state index in [4.69, 9.17) is 4.42 Å². The summed E-state index contributed by atoms with van der Waals surface area (Å²) in [5.74, 6) is -1.59. The predicted octanol–water partition coefficient (Wildman–Crippen LogP) is 2.58. The zero-order chi connectivity index (χ0) is 19.1. The number of carbonyl (C=O) groups is 2. The molecule has 2 amide bonds. The Labute approximate surface area is 150 Å². The summed E-state index contributed by atoms with van der Waals surface area (Å²) in [4.78, 5) is 27.6. The maximum absolute atomic E-state index is 13.7. The van der Waals surface area contributed by atoms with E-state index in [1.807, 2.05) is 6.92 Å². The van der Waals surface area contributed by atoms with Crippen molar-refractivity contribution in [1.82, 2.24) is 15.6 Å². The average Bonchev–Trinajstić information content (AvgIpc) is 3.06. The summed E-state index contributed by atoms with van der Waals surface area (Å²) in [5.41, 5.74) is 0.0934. The maximum Gasteiger partial charge on any atom is 0.242 e. The molecule has 0 radical (unpaired) electrons. The van der Waals surface area contributed by atoms with E-state index in [2.05, 4.69) is 15.6 Å². The van der Waals surface area contributed by atoms with Crippen LogP contribution in [0.1, 0.15) is 32.6 Å². The van der Waals surface area contributed by atoms with E-state index in [0.717, 1.165) is 18.6 Å². The van der Waals surface area contributed by atoms with Gasteiger partial charge in [-0.15, -0.1) is 0 Å². The minimum atomic E-state index is -0.752. The van der Waals surface area contributed by atoms with Gasteiger partial charge >= 0.3 is 0 Å². The maximum atomic E-state index is 13.7. The van der Waals surface area contributed by atoms with Crippen LogP contribution in [-0.4, -0.2) is 29.4 Å². The van der Waals surface area contributed by atoms with Crippen LogP contribution in [0.5, 0.6) is 0 Å². The summed E-state index contributed by atoms with van der Waals surface area (Å²) in [6.45, 7) is 4.09. The highest BCUT2D eigenvalue weighted by Crippen LogP contribution is 2.24. The van der Waals surface area contributed by atoms with Crippen LogP contribution in [0.15, 0.2) is 28.8 Å². The number of oxazole rings is 1. The molecule has 26 heavy (non-hydrogen) atoms. The van der Waals surface area contributed by atoms with E-state index in [1.54, 1.807) is 6.92 Å². The number of nitrogens with zero attached hydrogens (tertiary/aromatic N) is 1. The fourth-order valence-corrected chi connectivity index (χ4v) is 2.24. The first-order valence-electron chi connectivity index (χ1n) is 8.38. The molecule has 0 aliphatic rings. The number of nitrogens with one attached hydrogen (secondary N) is 2. The third-order valence-electron chi connectivity index (χ3n) is 3.64. The Morgan fingerprint density at radius 3 is 2.77 bits per heavy atom. The van der Waals surface area contributed by atoms with Crippen molar-refractivity contribution in [3.8, 4) is 11.3 Å². The highest BCUT2D eigenvalue weighted by Gasteiger charge is 2.16. The number of hydrogen-bond acceptors (Lipinski definition) is 4. The number of benzene rings is 1. The highest BCUT2D eigenvalue weighted by molar-refractivity contribution is 5.87. The molecular formula is C18H21F2N3O3. The van der Waals surface area contributed by atoms with E-state index in [1.165, 1.54) is 12.3 Å². The summed E-state index contributed by atoms with van der Waals surface area (Å²) < 4.78 is 32.1. The van der Waals surface area contributed by atoms with Crippen molar-refractivity contribution in [2.75, 3.05) is 6.54 Å². The highest BCUT2D eigenvalue weighted by atomic mass is 19.1. The summed E-state index contributed by atoms with van der Waals surface area (Å²) in [7, 11) is 0. The average molecular weight is 365 g/mol. The van der Waals surface area contributed by atoms with E-state index in [0.29, 0.717) is 6.54 Å². The van der Waals surface area contributed by atoms with Gasteiger partial charge in [0.15, 0.2) is 11.7 Å². The van der Waals surface area contributed by atoms with E-state index in [-0.39, 0.29) is 41.9 Å². The van der Waals surface area contributed by atoms with Crippen LogP contribution < -0.4 is 10.6 Å².